The van der Waals surface area contributed by atoms with Crippen molar-refractivity contribution >= 4 is 11.4 Å². The number of ketones is 1. The Kier molecular flexibility index (Phi) is 2.33. The smallest absolute Gasteiger partial charge is 0.194 e. The average Bonchev–Trinajstić information content (AvgIpc) is 3.15. The van der Waals surface area contributed by atoms with Gasteiger partial charge in [-0.3, -0.25) is 4.79 Å². The molecule has 0 amide bonds. The maximum absolute atomic E-state index is 12.6. The van der Waals surface area contributed by atoms with Gasteiger partial charge in [0, 0.05) is 28.5 Å². The second-order valence-corrected chi connectivity index (χ2v) is 5.54. The summed E-state index contributed by atoms with van der Waals surface area (Å²) in [6.07, 6.45) is 1.87. The summed E-state index contributed by atoms with van der Waals surface area (Å²) < 4.78 is 1.75. The van der Waals surface area contributed by atoms with Gasteiger partial charge < -0.3 is 0 Å². The van der Waals surface area contributed by atoms with Gasteiger partial charge in [-0.2, -0.15) is 0 Å². The van der Waals surface area contributed by atoms with Crippen LogP contribution in [-0.4, -0.2) is 20.4 Å². The molecule has 1 aliphatic rings. The number of benzene rings is 2. The SMILES string of the molecule is O=C1c2ccccc2-c2c1cccc2-c1nc2ccccn2n1. The Bertz CT molecular complexity index is 1060. The predicted molar refractivity (Wildman–Crippen MR) is 87.3 cm³/mol. The van der Waals surface area contributed by atoms with E-state index in [9.17, 15) is 4.79 Å². The summed E-state index contributed by atoms with van der Waals surface area (Å²) in [5, 5.41) is 4.55. The number of hydrogen-bond acceptors (Lipinski definition) is 3. The van der Waals surface area contributed by atoms with Crippen molar-refractivity contribution in [3.05, 3.63) is 78.0 Å². The van der Waals surface area contributed by atoms with Crippen molar-refractivity contribution < 1.29 is 4.79 Å². The van der Waals surface area contributed by atoms with Gasteiger partial charge in [-0.15, -0.1) is 5.10 Å². The van der Waals surface area contributed by atoms with Gasteiger partial charge >= 0.3 is 0 Å². The monoisotopic (exact) mass is 297 g/mol. The Morgan fingerprint density at radius 1 is 0.739 bits per heavy atom. The van der Waals surface area contributed by atoms with Crippen molar-refractivity contribution in [1.82, 2.24) is 14.6 Å². The second-order valence-electron chi connectivity index (χ2n) is 5.54. The fraction of sp³-hybridized carbons (Fsp3) is 0. The Morgan fingerprint density at radius 2 is 1.48 bits per heavy atom. The van der Waals surface area contributed by atoms with Gasteiger partial charge in [-0.25, -0.2) is 9.50 Å². The first-order chi connectivity index (χ1) is 11.3. The number of aromatic nitrogens is 3. The van der Waals surface area contributed by atoms with E-state index in [1.807, 2.05) is 66.9 Å². The van der Waals surface area contributed by atoms with Gasteiger partial charge in [-0.05, 0) is 17.7 Å². The first-order valence-corrected chi connectivity index (χ1v) is 7.42. The third kappa shape index (κ3) is 1.63. The molecule has 0 saturated heterocycles. The third-order valence-electron chi connectivity index (χ3n) is 4.23. The first-order valence-electron chi connectivity index (χ1n) is 7.42. The summed E-state index contributed by atoms with van der Waals surface area (Å²) in [5.74, 6) is 0.707. The minimum atomic E-state index is 0.0706. The van der Waals surface area contributed by atoms with Crippen molar-refractivity contribution in [2.75, 3.05) is 0 Å². The molecule has 23 heavy (non-hydrogen) atoms. The van der Waals surface area contributed by atoms with Crippen molar-refractivity contribution in [3.63, 3.8) is 0 Å². The minimum Gasteiger partial charge on any atom is -0.289 e. The Labute approximate surface area is 132 Å². The molecule has 0 bridgehead atoms. The van der Waals surface area contributed by atoms with Gasteiger partial charge in [0.2, 0.25) is 0 Å². The molecule has 0 spiro atoms. The van der Waals surface area contributed by atoms with E-state index in [4.69, 9.17) is 0 Å². The van der Waals surface area contributed by atoms with Crippen LogP contribution in [0.2, 0.25) is 0 Å². The zero-order valence-corrected chi connectivity index (χ0v) is 12.1. The van der Waals surface area contributed by atoms with E-state index >= 15 is 0 Å². The molecular formula is C19H11N3O. The van der Waals surface area contributed by atoms with Gasteiger partial charge in [-0.1, -0.05) is 48.5 Å². The molecule has 0 fully saturated rings. The Balaban J connectivity index is 1.83. The van der Waals surface area contributed by atoms with Gasteiger partial charge in [0.05, 0.1) is 0 Å². The normalized spacial score (nSPS) is 12.4. The van der Waals surface area contributed by atoms with Gasteiger partial charge in [0.1, 0.15) is 0 Å². The van der Waals surface area contributed by atoms with Crippen LogP contribution in [0.3, 0.4) is 0 Å². The Morgan fingerprint density at radius 3 is 2.35 bits per heavy atom. The third-order valence-corrected chi connectivity index (χ3v) is 4.23. The number of carbonyl (C=O) groups is 1. The molecule has 4 aromatic rings. The molecule has 0 aliphatic heterocycles. The van der Waals surface area contributed by atoms with E-state index in [1.54, 1.807) is 4.52 Å². The van der Waals surface area contributed by atoms with Crippen LogP contribution in [0.4, 0.5) is 0 Å². The fourth-order valence-electron chi connectivity index (χ4n) is 3.21. The highest BCUT2D eigenvalue weighted by Gasteiger charge is 2.29. The van der Waals surface area contributed by atoms with Crippen LogP contribution in [0.25, 0.3) is 28.2 Å². The maximum Gasteiger partial charge on any atom is 0.194 e. The molecule has 0 saturated carbocycles. The second kappa shape index (κ2) is 4.36. The lowest BCUT2D eigenvalue weighted by molar-refractivity contribution is 0.104. The molecule has 108 valence electrons. The molecular weight excluding hydrogens is 286 g/mol. The number of rotatable bonds is 1. The zero-order chi connectivity index (χ0) is 15.4. The fourth-order valence-corrected chi connectivity index (χ4v) is 3.21. The molecule has 0 unspecified atom stereocenters. The molecule has 4 nitrogen and oxygen atoms in total. The summed E-state index contributed by atoms with van der Waals surface area (Å²) in [7, 11) is 0. The van der Waals surface area contributed by atoms with E-state index < -0.39 is 0 Å². The molecule has 1 aliphatic carbocycles. The summed E-state index contributed by atoms with van der Waals surface area (Å²) in [5.41, 5.74) is 5.05. The van der Waals surface area contributed by atoms with Gasteiger partial charge in [0.15, 0.2) is 17.3 Å². The number of fused-ring (bicyclic) bond motifs is 4. The van der Waals surface area contributed by atoms with E-state index in [0.29, 0.717) is 5.82 Å². The highest BCUT2D eigenvalue weighted by Crippen LogP contribution is 2.41. The number of carbonyl (C=O) groups excluding carboxylic acids is 1. The lowest BCUT2D eigenvalue weighted by Crippen LogP contribution is -1.95. The molecule has 0 N–H and O–H groups in total. The molecule has 5 rings (SSSR count). The lowest BCUT2D eigenvalue weighted by Gasteiger charge is -2.05. The molecule has 2 aromatic heterocycles. The minimum absolute atomic E-state index is 0.0706. The average molecular weight is 297 g/mol. The number of nitrogens with zero attached hydrogens (tertiary/aromatic N) is 3. The van der Waals surface area contributed by atoms with Gasteiger partial charge in [0.25, 0.3) is 0 Å². The van der Waals surface area contributed by atoms with Crippen molar-refractivity contribution in [1.29, 1.82) is 0 Å². The standard InChI is InChI=1S/C19H11N3O/c23-18-13-7-2-1-6-12(13)17-14(18)8-5-9-15(17)19-20-16-10-3-4-11-22(16)21-19/h1-11H. The molecule has 0 radical (unpaired) electrons. The largest absolute Gasteiger partial charge is 0.289 e. The van der Waals surface area contributed by atoms with E-state index in [2.05, 4.69) is 10.1 Å². The Hall–Kier alpha value is -3.27. The quantitative estimate of drug-likeness (QED) is 0.475. The summed E-state index contributed by atoms with van der Waals surface area (Å²) in [6.45, 7) is 0. The summed E-state index contributed by atoms with van der Waals surface area (Å²) in [4.78, 5) is 17.2. The lowest BCUT2D eigenvalue weighted by atomic mass is 9.99. The van der Waals surface area contributed by atoms with Crippen LogP contribution >= 0.6 is 0 Å². The van der Waals surface area contributed by atoms with Crippen molar-refractivity contribution in [2.24, 2.45) is 0 Å². The number of hydrogen-bond donors (Lipinski definition) is 0. The van der Waals surface area contributed by atoms with Crippen molar-refractivity contribution in [2.45, 2.75) is 0 Å². The topological polar surface area (TPSA) is 47.3 Å². The highest BCUT2D eigenvalue weighted by molar-refractivity contribution is 6.23. The molecule has 2 heterocycles. The molecule has 4 heteroatoms. The summed E-state index contributed by atoms with van der Waals surface area (Å²) >= 11 is 0. The van der Waals surface area contributed by atoms with Crippen LogP contribution in [0.5, 0.6) is 0 Å². The van der Waals surface area contributed by atoms with E-state index in [-0.39, 0.29) is 5.78 Å². The zero-order valence-electron chi connectivity index (χ0n) is 12.1. The molecule has 0 atom stereocenters. The van der Waals surface area contributed by atoms with E-state index in [0.717, 1.165) is 33.5 Å². The van der Waals surface area contributed by atoms with Crippen LogP contribution in [0, 0.1) is 0 Å². The predicted octanol–water partition coefficient (Wildman–Crippen LogP) is 3.61. The first kappa shape index (κ1) is 12.3. The maximum atomic E-state index is 12.6. The number of pyridine rings is 1. The van der Waals surface area contributed by atoms with Crippen molar-refractivity contribution in [3.8, 4) is 22.5 Å². The van der Waals surface area contributed by atoms with Crippen LogP contribution in [-0.2, 0) is 0 Å². The summed E-state index contributed by atoms with van der Waals surface area (Å²) in [6, 6.07) is 19.2. The van der Waals surface area contributed by atoms with Crippen LogP contribution < -0.4 is 0 Å². The molecule has 2 aromatic carbocycles. The van der Waals surface area contributed by atoms with Crippen LogP contribution in [0.15, 0.2) is 66.9 Å². The van der Waals surface area contributed by atoms with E-state index in [1.165, 1.54) is 0 Å². The highest BCUT2D eigenvalue weighted by atomic mass is 16.1. The van der Waals surface area contributed by atoms with Crippen LogP contribution in [0.1, 0.15) is 15.9 Å².